The van der Waals surface area contributed by atoms with E-state index in [9.17, 15) is 14.7 Å². The molecule has 1 atom stereocenters. The molecule has 2 aromatic rings. The second-order valence-corrected chi connectivity index (χ2v) is 16.0. The first-order chi connectivity index (χ1) is 14.7. The van der Waals surface area contributed by atoms with Crippen molar-refractivity contribution in [1.82, 2.24) is 14.7 Å². The number of aromatic nitrogens is 2. The van der Waals surface area contributed by atoms with Crippen LogP contribution in [-0.4, -0.2) is 46.3 Å². The van der Waals surface area contributed by atoms with Gasteiger partial charge in [0.1, 0.15) is 12.4 Å². The maximum Gasteiger partial charge on any atom is 0.332 e. The molecule has 0 fully saturated rings. The highest BCUT2D eigenvalue weighted by atomic mass is 79.9. The van der Waals surface area contributed by atoms with Gasteiger partial charge in [-0.2, -0.15) is 5.10 Å². The Morgan fingerprint density at radius 3 is 2.81 bits per heavy atom. The number of fused-ring (bicyclic) bond motifs is 2. The van der Waals surface area contributed by atoms with Gasteiger partial charge in [-0.15, -0.1) is 0 Å². The average molecular weight is 506 g/mol. The van der Waals surface area contributed by atoms with Crippen molar-refractivity contribution in [3.63, 3.8) is 0 Å². The van der Waals surface area contributed by atoms with Gasteiger partial charge in [0.2, 0.25) is 0 Å². The molecule has 4 rings (SSSR count). The summed E-state index contributed by atoms with van der Waals surface area (Å²) in [4.78, 5) is 26.8. The molecule has 1 aromatic carbocycles. The highest BCUT2D eigenvalue weighted by Crippen LogP contribution is 2.37. The molecule has 1 N–H and O–H groups in total. The number of benzene rings is 1. The number of carboxylic acids is 1. The number of carboxylic acid groups (broad SMARTS) is 1. The van der Waals surface area contributed by atoms with E-state index in [0.29, 0.717) is 24.6 Å². The number of aliphatic carboxylic acids is 1. The largest absolute Gasteiger partial charge is 0.479 e. The van der Waals surface area contributed by atoms with Crippen LogP contribution in [0.4, 0.5) is 0 Å². The summed E-state index contributed by atoms with van der Waals surface area (Å²) in [6, 6.07) is 5.46. The molecule has 1 amide bonds. The van der Waals surface area contributed by atoms with Gasteiger partial charge >= 0.3 is 5.97 Å². The molecule has 0 spiro atoms. The van der Waals surface area contributed by atoms with E-state index in [1.807, 2.05) is 16.8 Å². The molecule has 1 aliphatic carbocycles. The topological polar surface area (TPSA) is 84.7 Å². The number of nitrogens with zero attached hydrogens (tertiary/aromatic N) is 3. The van der Waals surface area contributed by atoms with E-state index in [4.69, 9.17) is 4.74 Å². The Morgan fingerprint density at radius 1 is 1.32 bits per heavy atom. The molecule has 0 saturated carbocycles. The highest BCUT2D eigenvalue weighted by molar-refractivity contribution is 9.10. The van der Waals surface area contributed by atoms with Crippen LogP contribution < -0.4 is 0 Å². The van der Waals surface area contributed by atoms with Gasteiger partial charge in [0.25, 0.3) is 5.91 Å². The van der Waals surface area contributed by atoms with Crippen molar-refractivity contribution < 1.29 is 19.4 Å². The summed E-state index contributed by atoms with van der Waals surface area (Å²) in [6.45, 7) is 8.19. The summed E-state index contributed by atoms with van der Waals surface area (Å²) < 4.78 is 8.49. The molecule has 9 heteroatoms. The van der Waals surface area contributed by atoms with Crippen molar-refractivity contribution in [3.05, 3.63) is 50.8 Å². The summed E-state index contributed by atoms with van der Waals surface area (Å²) in [5.74, 6) is -1.32. The van der Waals surface area contributed by atoms with Crippen molar-refractivity contribution >= 4 is 35.9 Å². The molecular weight excluding hydrogens is 478 g/mol. The number of carbonyl (C=O) groups is 2. The Labute approximate surface area is 191 Å². The molecule has 2 aliphatic rings. The van der Waals surface area contributed by atoms with Gasteiger partial charge < -0.3 is 14.7 Å². The minimum atomic E-state index is -1.18. The quantitative estimate of drug-likeness (QED) is 0.428. The fourth-order valence-electron chi connectivity index (χ4n) is 4.30. The van der Waals surface area contributed by atoms with E-state index >= 15 is 0 Å². The van der Waals surface area contributed by atoms with Gasteiger partial charge in [0, 0.05) is 37.0 Å². The van der Waals surface area contributed by atoms with Crippen LogP contribution in [0.25, 0.3) is 0 Å². The fourth-order valence-corrected chi connectivity index (χ4v) is 5.42. The lowest BCUT2D eigenvalue weighted by atomic mass is 10.1. The lowest BCUT2D eigenvalue weighted by molar-refractivity contribution is -0.142. The number of ether oxygens (including phenoxy) is 1. The van der Waals surface area contributed by atoms with Crippen molar-refractivity contribution in [2.45, 2.75) is 64.3 Å². The van der Waals surface area contributed by atoms with E-state index < -0.39 is 20.1 Å². The van der Waals surface area contributed by atoms with Crippen molar-refractivity contribution in [3.8, 4) is 0 Å². The van der Waals surface area contributed by atoms with Crippen LogP contribution in [0.3, 0.4) is 0 Å². The molecule has 1 aromatic heterocycles. The summed E-state index contributed by atoms with van der Waals surface area (Å²) >= 11 is 3.40. The number of halogens is 1. The number of hydrogen-bond acceptors (Lipinski definition) is 4. The van der Waals surface area contributed by atoms with Crippen LogP contribution in [0.2, 0.25) is 25.7 Å². The van der Waals surface area contributed by atoms with Crippen molar-refractivity contribution in [1.29, 1.82) is 0 Å². The van der Waals surface area contributed by atoms with Crippen LogP contribution in [0.1, 0.15) is 45.3 Å². The van der Waals surface area contributed by atoms with Crippen LogP contribution >= 0.6 is 15.9 Å². The first kappa shape index (κ1) is 22.2. The maximum atomic E-state index is 13.1. The molecule has 0 saturated heterocycles. The van der Waals surface area contributed by atoms with Gasteiger partial charge in [-0.05, 0) is 48.6 Å². The number of carbonyl (C=O) groups excluding carboxylic acids is 1. The van der Waals surface area contributed by atoms with Crippen LogP contribution in [0.5, 0.6) is 0 Å². The normalized spacial score (nSPS) is 16.5. The molecule has 166 valence electrons. The second kappa shape index (κ2) is 8.52. The molecule has 1 aliphatic heterocycles. The van der Waals surface area contributed by atoms with Crippen LogP contribution in [0, 0.1) is 0 Å². The molecule has 2 heterocycles. The number of rotatable bonds is 8. The lowest BCUT2D eigenvalue weighted by Gasteiger charge is -2.23. The zero-order valence-electron chi connectivity index (χ0n) is 18.2. The maximum absolute atomic E-state index is 13.1. The van der Waals surface area contributed by atoms with Gasteiger partial charge in [0.15, 0.2) is 6.04 Å². The van der Waals surface area contributed by atoms with E-state index in [-0.39, 0.29) is 12.5 Å². The molecular formula is C22H28BrN3O4Si. The Kier molecular flexibility index (Phi) is 6.11. The summed E-state index contributed by atoms with van der Waals surface area (Å²) in [6.07, 6.45) is 2.60. The highest BCUT2D eigenvalue weighted by Gasteiger charge is 2.41. The second-order valence-electron chi connectivity index (χ2n) is 9.49. The SMILES string of the molecule is C[Si](C)(C)CCOCn1nc([C@H](C(=O)O)N2Cc3ccc(Br)cc3C2=O)c2c1CCC2. The van der Waals surface area contributed by atoms with E-state index in [1.165, 1.54) is 4.90 Å². The predicted octanol–water partition coefficient (Wildman–Crippen LogP) is 4.23. The minimum absolute atomic E-state index is 0.267. The van der Waals surface area contributed by atoms with E-state index in [2.05, 4.69) is 40.7 Å². The average Bonchev–Trinajstić information content (AvgIpc) is 3.36. The Morgan fingerprint density at radius 2 is 2.10 bits per heavy atom. The smallest absolute Gasteiger partial charge is 0.332 e. The third kappa shape index (κ3) is 4.49. The van der Waals surface area contributed by atoms with Gasteiger partial charge in [-0.3, -0.25) is 4.79 Å². The number of amides is 1. The van der Waals surface area contributed by atoms with Gasteiger partial charge in [-0.25, -0.2) is 9.48 Å². The molecule has 0 unspecified atom stereocenters. The summed E-state index contributed by atoms with van der Waals surface area (Å²) in [5.41, 5.74) is 3.87. The first-order valence-corrected chi connectivity index (χ1v) is 15.1. The zero-order chi connectivity index (χ0) is 22.3. The predicted molar refractivity (Wildman–Crippen MR) is 123 cm³/mol. The fraction of sp³-hybridized carbons (Fsp3) is 0.500. The Hall–Kier alpha value is -1.97. The Bertz CT molecular complexity index is 1030. The third-order valence-corrected chi connectivity index (χ3v) is 8.15. The summed E-state index contributed by atoms with van der Waals surface area (Å²) in [5, 5.41) is 14.8. The van der Waals surface area contributed by atoms with Gasteiger partial charge in [-0.1, -0.05) is 41.6 Å². The molecule has 0 radical (unpaired) electrons. The Balaban J connectivity index is 1.60. The molecule has 0 bridgehead atoms. The van der Waals surface area contributed by atoms with Crippen LogP contribution in [0.15, 0.2) is 22.7 Å². The first-order valence-electron chi connectivity index (χ1n) is 10.6. The van der Waals surface area contributed by atoms with Crippen molar-refractivity contribution in [2.75, 3.05) is 6.61 Å². The van der Waals surface area contributed by atoms with E-state index in [1.54, 1.807) is 6.07 Å². The number of hydrogen-bond donors (Lipinski definition) is 1. The lowest BCUT2D eigenvalue weighted by Crippen LogP contribution is -2.35. The minimum Gasteiger partial charge on any atom is -0.479 e. The van der Waals surface area contributed by atoms with Gasteiger partial charge in [0.05, 0.1) is 0 Å². The third-order valence-electron chi connectivity index (χ3n) is 5.96. The zero-order valence-corrected chi connectivity index (χ0v) is 20.7. The molecule has 7 nitrogen and oxygen atoms in total. The standard InChI is InChI=1S/C22H28BrN3O4Si/c1-31(2,3)10-9-30-13-26-18-6-4-5-16(18)19(24-26)20(22(28)29)25-12-14-7-8-15(23)11-17(14)21(25)27/h7-8,11,20H,4-6,9-10,12-13H2,1-3H3,(H,28,29)/t20-/m1/s1. The van der Waals surface area contributed by atoms with Crippen LogP contribution in [-0.2, 0) is 35.6 Å². The van der Waals surface area contributed by atoms with Crippen molar-refractivity contribution in [2.24, 2.45) is 0 Å². The molecule has 31 heavy (non-hydrogen) atoms. The monoisotopic (exact) mass is 505 g/mol. The summed E-state index contributed by atoms with van der Waals surface area (Å²) in [7, 11) is -1.18. The van der Waals surface area contributed by atoms with E-state index in [0.717, 1.165) is 46.6 Å².